The molecule has 2 nitrogen and oxygen atoms in total. The SMILES string of the molecule is CCCCC1CCC(C(OO)C2CCC(CCC)CC2)C(F)C1. The summed E-state index contributed by atoms with van der Waals surface area (Å²) in [6, 6.07) is 0. The fourth-order valence-corrected chi connectivity index (χ4v) is 5.07. The van der Waals surface area contributed by atoms with Gasteiger partial charge in [-0.15, -0.1) is 0 Å². The van der Waals surface area contributed by atoms with E-state index in [2.05, 4.69) is 13.8 Å². The van der Waals surface area contributed by atoms with E-state index in [1.807, 2.05) is 0 Å². The van der Waals surface area contributed by atoms with E-state index in [4.69, 9.17) is 4.89 Å². The fraction of sp³-hybridized carbons (Fsp3) is 1.00. The van der Waals surface area contributed by atoms with Crippen LogP contribution in [-0.4, -0.2) is 17.5 Å². The van der Waals surface area contributed by atoms with Crippen molar-refractivity contribution in [1.82, 2.24) is 0 Å². The van der Waals surface area contributed by atoms with Crippen LogP contribution in [0, 0.1) is 23.7 Å². The van der Waals surface area contributed by atoms with E-state index in [0.29, 0.717) is 18.3 Å². The number of unbranched alkanes of at least 4 members (excludes halogenated alkanes) is 1. The van der Waals surface area contributed by atoms with Crippen LogP contribution in [0.25, 0.3) is 0 Å². The molecule has 4 atom stereocenters. The molecule has 2 fully saturated rings. The third-order valence-corrected chi connectivity index (χ3v) is 6.49. The third kappa shape index (κ3) is 5.42. The lowest BCUT2D eigenvalue weighted by Crippen LogP contribution is -2.41. The first kappa shape index (κ1) is 19.2. The van der Waals surface area contributed by atoms with Crippen LogP contribution in [0.4, 0.5) is 4.39 Å². The van der Waals surface area contributed by atoms with Gasteiger partial charge in [-0.25, -0.2) is 9.28 Å². The van der Waals surface area contributed by atoms with Crippen molar-refractivity contribution in [3.63, 3.8) is 0 Å². The molecule has 4 unspecified atom stereocenters. The van der Waals surface area contributed by atoms with Gasteiger partial charge in [-0.2, -0.15) is 0 Å². The Labute approximate surface area is 142 Å². The van der Waals surface area contributed by atoms with Crippen LogP contribution >= 0.6 is 0 Å². The summed E-state index contributed by atoms with van der Waals surface area (Å²) in [5.41, 5.74) is 0. The van der Waals surface area contributed by atoms with Gasteiger partial charge in [0.25, 0.3) is 0 Å². The number of halogens is 1. The zero-order valence-electron chi connectivity index (χ0n) is 15.2. The first-order valence-electron chi connectivity index (χ1n) is 10.1. The highest BCUT2D eigenvalue weighted by molar-refractivity contribution is 4.89. The van der Waals surface area contributed by atoms with Gasteiger partial charge >= 0.3 is 0 Å². The summed E-state index contributed by atoms with van der Waals surface area (Å²) >= 11 is 0. The molecule has 23 heavy (non-hydrogen) atoms. The summed E-state index contributed by atoms with van der Waals surface area (Å²) in [6.07, 6.45) is 12.4. The van der Waals surface area contributed by atoms with Crippen molar-refractivity contribution in [3.05, 3.63) is 0 Å². The lowest BCUT2D eigenvalue weighted by atomic mass is 9.69. The van der Waals surface area contributed by atoms with Gasteiger partial charge < -0.3 is 0 Å². The second-order valence-electron chi connectivity index (χ2n) is 8.14. The molecule has 0 bridgehead atoms. The summed E-state index contributed by atoms with van der Waals surface area (Å²) in [5.74, 6) is 1.64. The number of hydrogen-bond donors (Lipinski definition) is 1. The molecule has 3 heteroatoms. The van der Waals surface area contributed by atoms with E-state index in [9.17, 15) is 9.65 Å². The Hall–Kier alpha value is -0.150. The molecular formula is C20H37FO2. The zero-order chi connectivity index (χ0) is 16.7. The average Bonchev–Trinajstić information content (AvgIpc) is 2.57. The Morgan fingerprint density at radius 2 is 1.65 bits per heavy atom. The zero-order valence-corrected chi connectivity index (χ0v) is 15.2. The second-order valence-corrected chi connectivity index (χ2v) is 8.14. The van der Waals surface area contributed by atoms with Crippen molar-refractivity contribution in [2.45, 2.75) is 103 Å². The van der Waals surface area contributed by atoms with E-state index in [0.717, 1.165) is 38.0 Å². The smallest absolute Gasteiger partial charge is 0.106 e. The molecule has 1 N–H and O–H groups in total. The first-order valence-corrected chi connectivity index (χ1v) is 10.1. The Morgan fingerprint density at radius 3 is 2.22 bits per heavy atom. The number of hydrogen-bond acceptors (Lipinski definition) is 2. The highest BCUT2D eigenvalue weighted by Crippen LogP contribution is 2.42. The van der Waals surface area contributed by atoms with Crippen LogP contribution in [0.2, 0.25) is 0 Å². The molecule has 0 aromatic heterocycles. The maximum atomic E-state index is 14.7. The fourth-order valence-electron chi connectivity index (χ4n) is 5.07. The molecule has 2 saturated carbocycles. The van der Waals surface area contributed by atoms with E-state index in [1.165, 1.54) is 38.5 Å². The van der Waals surface area contributed by atoms with Gasteiger partial charge in [0.2, 0.25) is 0 Å². The van der Waals surface area contributed by atoms with Crippen LogP contribution in [0.1, 0.15) is 90.9 Å². The third-order valence-electron chi connectivity index (χ3n) is 6.49. The van der Waals surface area contributed by atoms with Crippen LogP contribution in [0.15, 0.2) is 0 Å². The minimum Gasteiger partial charge on any atom is -0.252 e. The number of alkyl halides is 1. The Kier molecular flexibility index (Phi) is 8.32. The second kappa shape index (κ2) is 9.98. The Morgan fingerprint density at radius 1 is 0.957 bits per heavy atom. The predicted molar refractivity (Wildman–Crippen MR) is 93.1 cm³/mol. The molecule has 0 heterocycles. The lowest BCUT2D eigenvalue weighted by molar-refractivity contribution is -0.310. The van der Waals surface area contributed by atoms with Crippen LogP contribution in [0.5, 0.6) is 0 Å². The minimum atomic E-state index is -0.795. The molecule has 2 aliphatic rings. The largest absolute Gasteiger partial charge is 0.252 e. The molecule has 0 saturated heterocycles. The summed E-state index contributed by atoms with van der Waals surface area (Å²) < 4.78 is 14.7. The van der Waals surface area contributed by atoms with Gasteiger partial charge in [0.1, 0.15) is 12.3 Å². The Balaban J connectivity index is 1.84. The highest BCUT2D eigenvalue weighted by atomic mass is 19.1. The standard InChI is InChI=1S/C20H37FO2/c1-3-5-7-16-10-13-18(19(21)14-16)20(23-22)17-11-8-15(6-4-2)9-12-17/h15-20,22H,3-14H2,1-2H3. The molecule has 0 spiro atoms. The van der Waals surface area contributed by atoms with Crippen LogP contribution in [0.3, 0.4) is 0 Å². The topological polar surface area (TPSA) is 29.5 Å². The van der Waals surface area contributed by atoms with Crippen LogP contribution in [-0.2, 0) is 4.89 Å². The van der Waals surface area contributed by atoms with Crippen LogP contribution < -0.4 is 0 Å². The van der Waals surface area contributed by atoms with E-state index < -0.39 is 6.17 Å². The first-order chi connectivity index (χ1) is 11.2. The van der Waals surface area contributed by atoms with Crippen molar-refractivity contribution in [2.75, 3.05) is 0 Å². The van der Waals surface area contributed by atoms with Crippen molar-refractivity contribution < 1.29 is 14.5 Å². The molecule has 0 aromatic rings. The van der Waals surface area contributed by atoms with Gasteiger partial charge in [-0.1, -0.05) is 58.8 Å². The van der Waals surface area contributed by atoms with Gasteiger partial charge in [-0.3, -0.25) is 5.26 Å². The molecule has 0 aromatic carbocycles. The molecule has 136 valence electrons. The van der Waals surface area contributed by atoms with Crippen molar-refractivity contribution >= 4 is 0 Å². The molecule has 0 radical (unpaired) electrons. The van der Waals surface area contributed by atoms with Crippen molar-refractivity contribution in [3.8, 4) is 0 Å². The van der Waals surface area contributed by atoms with Crippen molar-refractivity contribution in [2.24, 2.45) is 23.7 Å². The van der Waals surface area contributed by atoms with E-state index >= 15 is 0 Å². The average molecular weight is 329 g/mol. The van der Waals surface area contributed by atoms with Gasteiger partial charge in [0.15, 0.2) is 0 Å². The molecule has 2 rings (SSSR count). The normalized spacial score (nSPS) is 36.8. The van der Waals surface area contributed by atoms with Gasteiger partial charge in [-0.05, 0) is 49.9 Å². The quantitative estimate of drug-likeness (QED) is 0.413. The summed E-state index contributed by atoms with van der Waals surface area (Å²) in [7, 11) is 0. The maximum Gasteiger partial charge on any atom is 0.106 e. The van der Waals surface area contributed by atoms with E-state index in [-0.39, 0.29) is 12.0 Å². The molecule has 0 amide bonds. The summed E-state index contributed by atoms with van der Waals surface area (Å²) in [5, 5.41) is 9.46. The van der Waals surface area contributed by atoms with E-state index in [1.54, 1.807) is 0 Å². The maximum absolute atomic E-state index is 14.7. The lowest BCUT2D eigenvalue weighted by Gasteiger charge is -2.40. The minimum absolute atomic E-state index is 0.0920. The monoisotopic (exact) mass is 328 g/mol. The Bertz CT molecular complexity index is 315. The summed E-state index contributed by atoms with van der Waals surface area (Å²) in [4.78, 5) is 4.87. The van der Waals surface area contributed by atoms with Crippen molar-refractivity contribution in [1.29, 1.82) is 0 Å². The number of rotatable bonds is 8. The van der Waals surface area contributed by atoms with Gasteiger partial charge in [0.05, 0.1) is 0 Å². The predicted octanol–water partition coefficient (Wildman–Crippen LogP) is 6.40. The molecule has 0 aliphatic heterocycles. The summed E-state index contributed by atoms with van der Waals surface area (Å²) in [6.45, 7) is 4.44. The van der Waals surface area contributed by atoms with Gasteiger partial charge in [0, 0.05) is 5.92 Å². The molecular weight excluding hydrogens is 291 g/mol. The highest BCUT2D eigenvalue weighted by Gasteiger charge is 2.41. The molecule has 2 aliphatic carbocycles.